The van der Waals surface area contributed by atoms with Crippen molar-refractivity contribution in [3.8, 4) is 11.5 Å². The van der Waals surface area contributed by atoms with E-state index in [1.807, 2.05) is 6.07 Å². The Morgan fingerprint density at radius 2 is 2.07 bits per heavy atom. The Labute approximate surface area is 81.9 Å². The number of benzene rings is 1. The van der Waals surface area contributed by atoms with Crippen LogP contribution >= 0.6 is 0 Å². The number of hydrogen-bond acceptors (Lipinski definition) is 3. The van der Waals surface area contributed by atoms with Gasteiger partial charge in [0.1, 0.15) is 6.29 Å². The van der Waals surface area contributed by atoms with Crippen LogP contribution in [-0.2, 0) is 6.42 Å². The average Bonchev–Trinajstić information content (AvgIpc) is 2.64. The minimum atomic E-state index is 0.227. The third kappa shape index (κ3) is 1.37. The van der Waals surface area contributed by atoms with E-state index >= 15 is 0 Å². The maximum absolute atomic E-state index is 10.8. The first-order valence-corrected chi connectivity index (χ1v) is 4.33. The van der Waals surface area contributed by atoms with Gasteiger partial charge in [-0.05, 0) is 24.1 Å². The van der Waals surface area contributed by atoms with Gasteiger partial charge in [0, 0.05) is 5.56 Å². The molecule has 1 aromatic carbocycles. The highest BCUT2D eigenvalue weighted by Crippen LogP contribution is 2.34. The number of fused-ring (bicyclic) bond motifs is 1. The molecule has 2 rings (SSSR count). The van der Waals surface area contributed by atoms with Crippen molar-refractivity contribution in [2.45, 2.75) is 6.42 Å². The highest BCUT2D eigenvalue weighted by atomic mass is 16.7. The third-order valence-electron chi connectivity index (χ3n) is 2.13. The van der Waals surface area contributed by atoms with E-state index in [0.29, 0.717) is 23.5 Å². The van der Waals surface area contributed by atoms with Crippen LogP contribution in [0.3, 0.4) is 0 Å². The van der Waals surface area contributed by atoms with E-state index in [4.69, 9.17) is 9.47 Å². The molecule has 1 heterocycles. The molecule has 0 bridgehead atoms. The maximum Gasteiger partial charge on any atom is 0.231 e. The van der Waals surface area contributed by atoms with Crippen molar-refractivity contribution in [2.24, 2.45) is 0 Å². The summed E-state index contributed by atoms with van der Waals surface area (Å²) in [5.74, 6) is 1.34. The van der Waals surface area contributed by atoms with Gasteiger partial charge in [0.25, 0.3) is 0 Å². The Balaban J connectivity index is 2.48. The number of rotatable bonds is 3. The van der Waals surface area contributed by atoms with E-state index in [0.717, 1.165) is 11.8 Å². The number of hydrogen-bond donors (Lipinski definition) is 0. The Kier molecular flexibility index (Phi) is 2.23. The molecule has 0 fully saturated rings. The van der Waals surface area contributed by atoms with Crippen LogP contribution in [0.25, 0.3) is 0 Å². The van der Waals surface area contributed by atoms with E-state index in [1.165, 1.54) is 0 Å². The lowest BCUT2D eigenvalue weighted by atomic mass is 10.0. The molecule has 0 atom stereocenters. The SMILES string of the molecule is C=CCc1cc2c(cc1C=O)OCO2. The fourth-order valence-electron chi connectivity index (χ4n) is 1.44. The number of carbonyl (C=O) groups excluding carboxylic acids is 1. The summed E-state index contributed by atoms with van der Waals surface area (Å²) < 4.78 is 10.4. The lowest BCUT2D eigenvalue weighted by molar-refractivity contribution is 0.112. The molecule has 0 radical (unpaired) electrons. The van der Waals surface area contributed by atoms with Gasteiger partial charge in [0.05, 0.1) is 0 Å². The Bertz CT molecular complexity index is 382. The molecule has 72 valence electrons. The molecule has 0 aliphatic carbocycles. The highest BCUT2D eigenvalue weighted by Gasteiger charge is 2.16. The van der Waals surface area contributed by atoms with Crippen LogP contribution in [-0.4, -0.2) is 13.1 Å². The first kappa shape index (κ1) is 8.81. The van der Waals surface area contributed by atoms with Gasteiger partial charge >= 0.3 is 0 Å². The fourth-order valence-corrected chi connectivity index (χ4v) is 1.44. The highest BCUT2D eigenvalue weighted by molar-refractivity contribution is 5.79. The number of ether oxygens (including phenoxy) is 2. The minimum Gasteiger partial charge on any atom is -0.454 e. The van der Waals surface area contributed by atoms with Crippen LogP contribution < -0.4 is 9.47 Å². The largest absolute Gasteiger partial charge is 0.454 e. The monoisotopic (exact) mass is 190 g/mol. The Morgan fingerprint density at radius 3 is 2.71 bits per heavy atom. The molecule has 0 saturated carbocycles. The van der Waals surface area contributed by atoms with Crippen molar-refractivity contribution in [1.82, 2.24) is 0 Å². The Morgan fingerprint density at radius 1 is 1.36 bits per heavy atom. The molecule has 1 aliphatic rings. The van der Waals surface area contributed by atoms with Gasteiger partial charge in [-0.25, -0.2) is 0 Å². The number of carbonyl (C=O) groups is 1. The second kappa shape index (κ2) is 3.54. The molecule has 3 nitrogen and oxygen atoms in total. The zero-order valence-electron chi connectivity index (χ0n) is 7.66. The molecule has 0 spiro atoms. The van der Waals surface area contributed by atoms with Gasteiger partial charge in [-0.2, -0.15) is 0 Å². The molecular weight excluding hydrogens is 180 g/mol. The summed E-state index contributed by atoms with van der Waals surface area (Å²) in [5, 5.41) is 0. The molecule has 0 saturated heterocycles. The van der Waals surface area contributed by atoms with E-state index in [2.05, 4.69) is 6.58 Å². The normalized spacial score (nSPS) is 12.6. The fraction of sp³-hybridized carbons (Fsp3) is 0.182. The molecular formula is C11H10O3. The molecule has 14 heavy (non-hydrogen) atoms. The predicted molar refractivity (Wildman–Crippen MR) is 51.9 cm³/mol. The van der Waals surface area contributed by atoms with E-state index in [9.17, 15) is 4.79 Å². The smallest absolute Gasteiger partial charge is 0.231 e. The number of allylic oxidation sites excluding steroid dienone is 1. The lowest BCUT2D eigenvalue weighted by Crippen LogP contribution is -1.92. The first-order valence-electron chi connectivity index (χ1n) is 4.33. The predicted octanol–water partition coefficient (Wildman–Crippen LogP) is 1.96. The van der Waals surface area contributed by atoms with Crippen molar-refractivity contribution in [2.75, 3.05) is 6.79 Å². The van der Waals surface area contributed by atoms with Gasteiger partial charge in [0.2, 0.25) is 6.79 Å². The molecule has 3 heteroatoms. The zero-order valence-corrected chi connectivity index (χ0v) is 7.66. The van der Waals surface area contributed by atoms with Crippen LogP contribution in [0, 0.1) is 0 Å². The van der Waals surface area contributed by atoms with E-state index in [-0.39, 0.29) is 6.79 Å². The third-order valence-corrected chi connectivity index (χ3v) is 2.13. The standard InChI is InChI=1S/C11H10O3/c1-2-3-8-4-10-11(14-7-13-10)5-9(8)6-12/h2,4-6H,1,3,7H2. The minimum absolute atomic E-state index is 0.227. The number of aldehydes is 1. The molecule has 0 N–H and O–H groups in total. The van der Waals surface area contributed by atoms with Gasteiger partial charge < -0.3 is 9.47 Å². The van der Waals surface area contributed by atoms with Crippen LogP contribution in [0.2, 0.25) is 0 Å². The summed E-state index contributed by atoms with van der Waals surface area (Å²) in [5.41, 5.74) is 1.55. The molecule has 1 aromatic rings. The van der Waals surface area contributed by atoms with E-state index < -0.39 is 0 Å². The summed E-state index contributed by atoms with van der Waals surface area (Å²) in [4.78, 5) is 10.8. The van der Waals surface area contributed by atoms with Crippen LogP contribution in [0.4, 0.5) is 0 Å². The van der Waals surface area contributed by atoms with Crippen LogP contribution in [0.15, 0.2) is 24.8 Å². The van der Waals surface area contributed by atoms with Crippen molar-refractivity contribution in [3.05, 3.63) is 35.9 Å². The second-order valence-electron chi connectivity index (χ2n) is 3.01. The van der Waals surface area contributed by atoms with Gasteiger partial charge in [-0.1, -0.05) is 6.08 Å². The lowest BCUT2D eigenvalue weighted by Gasteiger charge is -2.03. The van der Waals surface area contributed by atoms with Gasteiger partial charge in [-0.15, -0.1) is 6.58 Å². The Hall–Kier alpha value is -1.77. The van der Waals surface area contributed by atoms with Crippen LogP contribution in [0.1, 0.15) is 15.9 Å². The first-order chi connectivity index (χ1) is 6.85. The quantitative estimate of drug-likeness (QED) is 0.540. The molecule has 0 amide bonds. The summed E-state index contributed by atoms with van der Waals surface area (Å²) in [6.45, 7) is 3.86. The summed E-state index contributed by atoms with van der Waals surface area (Å²) in [7, 11) is 0. The summed E-state index contributed by atoms with van der Waals surface area (Å²) in [6.07, 6.45) is 3.23. The van der Waals surface area contributed by atoms with Crippen LogP contribution in [0.5, 0.6) is 11.5 Å². The van der Waals surface area contributed by atoms with E-state index in [1.54, 1.807) is 12.1 Å². The van der Waals surface area contributed by atoms with Crippen molar-refractivity contribution >= 4 is 6.29 Å². The molecule has 0 aromatic heterocycles. The van der Waals surface area contributed by atoms with Crippen molar-refractivity contribution in [1.29, 1.82) is 0 Å². The average molecular weight is 190 g/mol. The summed E-state index contributed by atoms with van der Waals surface area (Å²) in [6, 6.07) is 3.53. The molecule has 0 unspecified atom stereocenters. The van der Waals surface area contributed by atoms with Gasteiger partial charge in [0.15, 0.2) is 11.5 Å². The second-order valence-corrected chi connectivity index (χ2v) is 3.01. The zero-order chi connectivity index (χ0) is 9.97. The summed E-state index contributed by atoms with van der Waals surface area (Å²) >= 11 is 0. The van der Waals surface area contributed by atoms with Crippen molar-refractivity contribution < 1.29 is 14.3 Å². The van der Waals surface area contributed by atoms with Crippen molar-refractivity contribution in [3.63, 3.8) is 0 Å². The van der Waals surface area contributed by atoms with Gasteiger partial charge in [-0.3, -0.25) is 4.79 Å². The molecule has 1 aliphatic heterocycles. The topological polar surface area (TPSA) is 35.5 Å². The maximum atomic E-state index is 10.8.